The molecule has 1 N–H and O–H groups in total. The van der Waals surface area contributed by atoms with Crippen molar-refractivity contribution in [3.8, 4) is 0 Å². The van der Waals surface area contributed by atoms with Crippen LogP contribution in [0, 0.1) is 0 Å². The van der Waals surface area contributed by atoms with Crippen molar-refractivity contribution in [3.63, 3.8) is 0 Å². The van der Waals surface area contributed by atoms with Gasteiger partial charge in [-0.1, -0.05) is 19.3 Å². The third kappa shape index (κ3) is 3.62. The van der Waals surface area contributed by atoms with Gasteiger partial charge in [0.15, 0.2) is 0 Å². The molecule has 4 rings (SSSR count). The molecule has 0 atom stereocenters. The van der Waals surface area contributed by atoms with E-state index in [0.29, 0.717) is 12.1 Å². The van der Waals surface area contributed by atoms with Crippen LogP contribution in [-0.2, 0) is 13.0 Å². The van der Waals surface area contributed by atoms with Crippen molar-refractivity contribution in [2.75, 3.05) is 19.6 Å². The Morgan fingerprint density at radius 3 is 2.67 bits per heavy atom. The molecule has 2 amide bonds. The summed E-state index contributed by atoms with van der Waals surface area (Å²) in [6.07, 6.45) is 9.65. The monoisotopic (exact) mass is 347 g/mol. The van der Waals surface area contributed by atoms with E-state index in [0.717, 1.165) is 32.5 Å². The number of rotatable bonds is 2. The van der Waals surface area contributed by atoms with Crippen LogP contribution in [0.1, 0.15) is 55.4 Å². The van der Waals surface area contributed by atoms with Gasteiger partial charge in [-0.3, -0.25) is 4.90 Å². The third-order valence-corrected chi connectivity index (χ3v) is 7.06. The summed E-state index contributed by atoms with van der Waals surface area (Å²) < 4.78 is 0. The molecular formula is C19H29N3OS. The second-order valence-electron chi connectivity index (χ2n) is 7.59. The highest BCUT2D eigenvalue weighted by atomic mass is 32.1. The topological polar surface area (TPSA) is 35.6 Å². The van der Waals surface area contributed by atoms with Crippen LogP contribution in [0.5, 0.6) is 0 Å². The van der Waals surface area contributed by atoms with E-state index in [1.807, 2.05) is 16.2 Å². The molecule has 24 heavy (non-hydrogen) atoms. The lowest BCUT2D eigenvalue weighted by Gasteiger charge is -2.40. The number of carbonyl (C=O) groups excluding carboxylic acids is 1. The number of fused-ring (bicyclic) bond motifs is 1. The van der Waals surface area contributed by atoms with Crippen molar-refractivity contribution in [1.29, 1.82) is 0 Å². The highest BCUT2D eigenvalue weighted by molar-refractivity contribution is 7.10. The smallest absolute Gasteiger partial charge is 0.317 e. The molecule has 1 saturated carbocycles. The summed E-state index contributed by atoms with van der Waals surface area (Å²) in [4.78, 5) is 18.8. The minimum absolute atomic E-state index is 0.180. The first-order valence-corrected chi connectivity index (χ1v) is 10.5. The highest BCUT2D eigenvalue weighted by Crippen LogP contribution is 2.28. The van der Waals surface area contributed by atoms with Crippen molar-refractivity contribution < 1.29 is 4.79 Å². The van der Waals surface area contributed by atoms with E-state index in [-0.39, 0.29) is 6.03 Å². The molecule has 0 aromatic carbocycles. The van der Waals surface area contributed by atoms with Crippen molar-refractivity contribution in [3.05, 3.63) is 21.9 Å². The van der Waals surface area contributed by atoms with Gasteiger partial charge in [-0.05, 0) is 49.1 Å². The Morgan fingerprint density at radius 2 is 1.88 bits per heavy atom. The van der Waals surface area contributed by atoms with Gasteiger partial charge < -0.3 is 10.2 Å². The van der Waals surface area contributed by atoms with Gasteiger partial charge in [-0.15, -0.1) is 11.3 Å². The summed E-state index contributed by atoms with van der Waals surface area (Å²) in [6, 6.07) is 3.54. The lowest BCUT2D eigenvalue weighted by Crippen LogP contribution is -2.52. The van der Waals surface area contributed by atoms with Gasteiger partial charge in [0.05, 0.1) is 0 Å². The maximum Gasteiger partial charge on any atom is 0.317 e. The Hall–Kier alpha value is -1.07. The number of amides is 2. The summed E-state index contributed by atoms with van der Waals surface area (Å²) in [6.45, 7) is 4.12. The molecule has 1 aromatic rings. The number of piperidine rings is 1. The minimum atomic E-state index is 0.180. The molecule has 4 nitrogen and oxygen atoms in total. The van der Waals surface area contributed by atoms with Gasteiger partial charge in [0.2, 0.25) is 0 Å². The van der Waals surface area contributed by atoms with Gasteiger partial charge in [-0.25, -0.2) is 4.79 Å². The van der Waals surface area contributed by atoms with Gasteiger partial charge in [0, 0.05) is 43.1 Å². The Bertz CT molecular complexity index is 559. The zero-order valence-electron chi connectivity index (χ0n) is 14.5. The molecule has 132 valence electrons. The highest BCUT2D eigenvalue weighted by Gasteiger charge is 2.30. The number of nitrogens with zero attached hydrogens (tertiary/aromatic N) is 2. The number of hydrogen-bond acceptors (Lipinski definition) is 3. The SMILES string of the molecule is O=C(NC1CCCCC1)N1CCC(N2CCc3sccc3C2)CC1. The first-order valence-electron chi connectivity index (χ1n) is 9.64. The largest absolute Gasteiger partial charge is 0.335 e. The molecule has 1 aromatic heterocycles. The van der Waals surface area contributed by atoms with Crippen LogP contribution in [0.25, 0.3) is 0 Å². The molecule has 2 fully saturated rings. The molecule has 5 heteroatoms. The average molecular weight is 348 g/mol. The molecule has 0 spiro atoms. The molecule has 0 bridgehead atoms. The summed E-state index contributed by atoms with van der Waals surface area (Å²) in [5, 5.41) is 5.50. The molecular weight excluding hydrogens is 318 g/mol. The number of nitrogens with one attached hydrogen (secondary N) is 1. The fourth-order valence-electron chi connectivity index (χ4n) is 4.53. The zero-order chi connectivity index (χ0) is 16.4. The van der Waals surface area contributed by atoms with Gasteiger partial charge in [-0.2, -0.15) is 0 Å². The van der Waals surface area contributed by atoms with Gasteiger partial charge in [0.1, 0.15) is 0 Å². The van der Waals surface area contributed by atoms with E-state index in [2.05, 4.69) is 21.7 Å². The first kappa shape index (κ1) is 16.4. The van der Waals surface area contributed by atoms with E-state index < -0.39 is 0 Å². The van der Waals surface area contributed by atoms with Crippen LogP contribution in [0.15, 0.2) is 11.4 Å². The van der Waals surface area contributed by atoms with E-state index in [1.165, 1.54) is 50.6 Å². The van der Waals surface area contributed by atoms with Crippen LogP contribution in [-0.4, -0.2) is 47.5 Å². The van der Waals surface area contributed by atoms with Gasteiger partial charge >= 0.3 is 6.03 Å². The maximum atomic E-state index is 12.5. The Kier molecular flexibility index (Phi) is 5.09. The van der Waals surface area contributed by atoms with Crippen LogP contribution in [0.3, 0.4) is 0 Å². The second-order valence-corrected chi connectivity index (χ2v) is 8.59. The van der Waals surface area contributed by atoms with E-state index in [9.17, 15) is 4.79 Å². The lowest BCUT2D eigenvalue weighted by molar-refractivity contribution is 0.106. The average Bonchev–Trinajstić information content (AvgIpc) is 3.10. The predicted octanol–water partition coefficient (Wildman–Crippen LogP) is 3.61. The van der Waals surface area contributed by atoms with Gasteiger partial charge in [0.25, 0.3) is 0 Å². The second kappa shape index (κ2) is 7.44. The van der Waals surface area contributed by atoms with E-state index in [4.69, 9.17) is 0 Å². The molecule has 3 heterocycles. The Balaban J connectivity index is 1.25. The van der Waals surface area contributed by atoms with Crippen LogP contribution in [0.2, 0.25) is 0 Å². The van der Waals surface area contributed by atoms with Crippen molar-refractivity contribution in [2.45, 2.75) is 70.0 Å². The predicted molar refractivity (Wildman–Crippen MR) is 98.4 cm³/mol. The standard InChI is InChI=1S/C19H29N3OS/c23-19(20-16-4-2-1-3-5-16)21-10-6-17(7-11-21)22-12-8-18-15(14-22)9-13-24-18/h9,13,16-17H,1-8,10-12,14H2,(H,20,23). The number of carbonyl (C=O) groups is 1. The fourth-order valence-corrected chi connectivity index (χ4v) is 5.42. The fraction of sp³-hybridized carbons (Fsp3) is 0.737. The van der Waals surface area contributed by atoms with Crippen LogP contribution < -0.4 is 5.32 Å². The summed E-state index contributed by atoms with van der Waals surface area (Å²) in [5.74, 6) is 0. The van der Waals surface area contributed by atoms with E-state index in [1.54, 1.807) is 4.88 Å². The van der Waals surface area contributed by atoms with Crippen LogP contribution >= 0.6 is 11.3 Å². The first-order chi connectivity index (χ1) is 11.8. The molecule has 2 aliphatic heterocycles. The number of likely N-dealkylation sites (tertiary alicyclic amines) is 1. The molecule has 3 aliphatic rings. The Labute approximate surface area is 149 Å². The summed E-state index contributed by atoms with van der Waals surface area (Å²) in [7, 11) is 0. The van der Waals surface area contributed by atoms with Crippen molar-refractivity contribution in [2.24, 2.45) is 0 Å². The number of urea groups is 1. The van der Waals surface area contributed by atoms with Crippen LogP contribution in [0.4, 0.5) is 4.79 Å². The van der Waals surface area contributed by atoms with Crippen molar-refractivity contribution >= 4 is 17.4 Å². The summed E-state index contributed by atoms with van der Waals surface area (Å²) >= 11 is 1.91. The molecule has 1 aliphatic carbocycles. The van der Waals surface area contributed by atoms with E-state index >= 15 is 0 Å². The number of hydrogen-bond donors (Lipinski definition) is 1. The summed E-state index contributed by atoms with van der Waals surface area (Å²) in [5.41, 5.74) is 1.53. The normalized spacial score (nSPS) is 23.9. The maximum absolute atomic E-state index is 12.5. The third-order valence-electron chi connectivity index (χ3n) is 6.04. The quantitative estimate of drug-likeness (QED) is 0.887. The molecule has 0 radical (unpaired) electrons. The lowest BCUT2D eigenvalue weighted by atomic mass is 9.95. The van der Waals surface area contributed by atoms with Crippen molar-refractivity contribution in [1.82, 2.24) is 15.1 Å². The number of thiophene rings is 1. The molecule has 0 unspecified atom stereocenters. The Morgan fingerprint density at radius 1 is 1.08 bits per heavy atom. The minimum Gasteiger partial charge on any atom is -0.335 e. The molecule has 1 saturated heterocycles. The zero-order valence-corrected chi connectivity index (χ0v) is 15.3.